The van der Waals surface area contributed by atoms with Gasteiger partial charge in [0.05, 0.1) is 19.8 Å². The Morgan fingerprint density at radius 2 is 1.85 bits per heavy atom. The average molecular weight is 379 g/mol. The Morgan fingerprint density at radius 3 is 2.41 bits per heavy atom. The van der Waals surface area contributed by atoms with E-state index in [0.717, 1.165) is 43.5 Å². The molecule has 152 valence electrons. The second-order valence-electron chi connectivity index (χ2n) is 7.48. The van der Waals surface area contributed by atoms with E-state index < -0.39 is 0 Å². The average Bonchev–Trinajstić information content (AvgIpc) is 3.11. The van der Waals surface area contributed by atoms with Crippen LogP contribution in [0.15, 0.2) is 23.2 Å². The molecule has 1 fully saturated rings. The molecule has 1 aromatic rings. The van der Waals surface area contributed by atoms with Gasteiger partial charge in [-0.05, 0) is 38.0 Å². The Kier molecular flexibility index (Phi) is 7.74. The molecule has 0 radical (unpaired) electrons. The summed E-state index contributed by atoms with van der Waals surface area (Å²) in [7, 11) is 6.88. The molecule has 7 nitrogen and oxygen atoms in total. The van der Waals surface area contributed by atoms with Crippen molar-refractivity contribution in [1.29, 1.82) is 0 Å². The summed E-state index contributed by atoms with van der Waals surface area (Å²) < 4.78 is 16.2. The standard InChI is InChI=1S/C20H34N4O3/c1-20(2,27-6)14-22-19(21-3)23-16-7-8-24(13-16)12-15-9-17(25-4)11-18(10-15)26-5/h9-11,16H,7-8,12-14H2,1-6H3,(H2,21,22,23). The first kappa shape index (κ1) is 21.3. The fraction of sp³-hybridized carbons (Fsp3) is 0.650. The van der Waals surface area contributed by atoms with Crippen LogP contribution in [-0.2, 0) is 11.3 Å². The highest BCUT2D eigenvalue weighted by Gasteiger charge is 2.24. The number of hydrogen-bond donors (Lipinski definition) is 2. The number of benzene rings is 1. The lowest BCUT2D eigenvalue weighted by atomic mass is 10.1. The minimum atomic E-state index is -0.231. The van der Waals surface area contributed by atoms with Crippen LogP contribution in [0.5, 0.6) is 11.5 Å². The van der Waals surface area contributed by atoms with E-state index in [9.17, 15) is 0 Å². The van der Waals surface area contributed by atoms with E-state index in [1.54, 1.807) is 28.4 Å². The fourth-order valence-electron chi connectivity index (χ4n) is 3.07. The molecular formula is C20H34N4O3. The summed E-state index contributed by atoms with van der Waals surface area (Å²) in [6.07, 6.45) is 1.08. The van der Waals surface area contributed by atoms with Gasteiger partial charge in [-0.15, -0.1) is 0 Å². The van der Waals surface area contributed by atoms with Crippen molar-refractivity contribution in [2.45, 2.75) is 38.5 Å². The van der Waals surface area contributed by atoms with E-state index in [2.05, 4.69) is 32.7 Å². The maximum absolute atomic E-state index is 5.45. The highest BCUT2D eigenvalue weighted by atomic mass is 16.5. The highest BCUT2D eigenvalue weighted by Crippen LogP contribution is 2.24. The molecule has 1 aromatic carbocycles. The van der Waals surface area contributed by atoms with Gasteiger partial charge in [-0.2, -0.15) is 0 Å². The molecule has 2 rings (SSSR count). The van der Waals surface area contributed by atoms with E-state index in [1.165, 1.54) is 5.56 Å². The van der Waals surface area contributed by atoms with Gasteiger partial charge in [-0.3, -0.25) is 9.89 Å². The van der Waals surface area contributed by atoms with Crippen molar-refractivity contribution >= 4 is 5.96 Å². The number of methoxy groups -OCH3 is 3. The molecule has 0 aromatic heterocycles. The molecule has 7 heteroatoms. The van der Waals surface area contributed by atoms with Crippen molar-refractivity contribution in [2.75, 3.05) is 48.0 Å². The van der Waals surface area contributed by atoms with E-state index in [0.29, 0.717) is 12.6 Å². The minimum Gasteiger partial charge on any atom is -0.497 e. The van der Waals surface area contributed by atoms with E-state index in [1.807, 2.05) is 19.9 Å². The number of likely N-dealkylation sites (tertiary alicyclic amines) is 1. The van der Waals surface area contributed by atoms with Crippen molar-refractivity contribution in [3.8, 4) is 11.5 Å². The SMILES string of the molecule is CN=C(NCC(C)(C)OC)NC1CCN(Cc2cc(OC)cc(OC)c2)C1. The van der Waals surface area contributed by atoms with Crippen LogP contribution in [0.25, 0.3) is 0 Å². The first-order valence-electron chi connectivity index (χ1n) is 9.35. The second kappa shape index (κ2) is 9.80. The van der Waals surface area contributed by atoms with Crippen LogP contribution in [0, 0.1) is 0 Å². The van der Waals surface area contributed by atoms with Gasteiger partial charge in [0.25, 0.3) is 0 Å². The number of ether oxygens (including phenoxy) is 3. The fourth-order valence-corrected chi connectivity index (χ4v) is 3.07. The third kappa shape index (κ3) is 6.59. The van der Waals surface area contributed by atoms with Crippen LogP contribution in [0.3, 0.4) is 0 Å². The first-order chi connectivity index (χ1) is 12.9. The van der Waals surface area contributed by atoms with Gasteiger partial charge in [-0.25, -0.2) is 0 Å². The van der Waals surface area contributed by atoms with Gasteiger partial charge in [0.15, 0.2) is 5.96 Å². The van der Waals surface area contributed by atoms with Crippen LogP contribution in [-0.4, -0.2) is 70.5 Å². The van der Waals surface area contributed by atoms with Crippen molar-refractivity contribution in [3.63, 3.8) is 0 Å². The Labute approximate surface area is 163 Å². The summed E-state index contributed by atoms with van der Waals surface area (Å²) in [6.45, 7) is 7.67. The van der Waals surface area contributed by atoms with Gasteiger partial charge in [0.2, 0.25) is 0 Å². The molecule has 27 heavy (non-hydrogen) atoms. The zero-order valence-corrected chi connectivity index (χ0v) is 17.5. The van der Waals surface area contributed by atoms with Crippen LogP contribution >= 0.6 is 0 Å². The monoisotopic (exact) mass is 378 g/mol. The van der Waals surface area contributed by atoms with Crippen LogP contribution in [0.1, 0.15) is 25.8 Å². The maximum Gasteiger partial charge on any atom is 0.191 e. The molecular weight excluding hydrogens is 344 g/mol. The lowest BCUT2D eigenvalue weighted by Gasteiger charge is -2.25. The molecule has 0 aliphatic carbocycles. The number of nitrogens with one attached hydrogen (secondary N) is 2. The van der Waals surface area contributed by atoms with E-state index >= 15 is 0 Å². The summed E-state index contributed by atoms with van der Waals surface area (Å²) in [6, 6.07) is 6.40. The predicted octanol–water partition coefficient (Wildman–Crippen LogP) is 1.87. The highest BCUT2D eigenvalue weighted by molar-refractivity contribution is 5.80. The number of guanidine groups is 1. The number of nitrogens with zero attached hydrogens (tertiary/aromatic N) is 2. The molecule has 0 saturated carbocycles. The summed E-state index contributed by atoms with van der Waals surface area (Å²) in [5.41, 5.74) is 0.960. The molecule has 2 N–H and O–H groups in total. The summed E-state index contributed by atoms with van der Waals surface area (Å²) in [5, 5.41) is 6.86. The van der Waals surface area contributed by atoms with Crippen LogP contribution < -0.4 is 20.1 Å². The third-order valence-electron chi connectivity index (χ3n) is 4.89. The van der Waals surface area contributed by atoms with Crippen molar-refractivity contribution in [1.82, 2.24) is 15.5 Å². The summed E-state index contributed by atoms with van der Waals surface area (Å²) in [4.78, 5) is 6.76. The van der Waals surface area contributed by atoms with Crippen molar-refractivity contribution in [3.05, 3.63) is 23.8 Å². The summed E-state index contributed by atoms with van der Waals surface area (Å²) >= 11 is 0. The van der Waals surface area contributed by atoms with Crippen LogP contribution in [0.4, 0.5) is 0 Å². The van der Waals surface area contributed by atoms with Gasteiger partial charge < -0.3 is 24.8 Å². The molecule has 1 aliphatic heterocycles. The zero-order valence-electron chi connectivity index (χ0n) is 17.5. The largest absolute Gasteiger partial charge is 0.497 e. The smallest absolute Gasteiger partial charge is 0.191 e. The molecule has 1 atom stereocenters. The van der Waals surface area contributed by atoms with E-state index in [4.69, 9.17) is 14.2 Å². The Bertz CT molecular complexity index is 611. The third-order valence-corrected chi connectivity index (χ3v) is 4.89. The second-order valence-corrected chi connectivity index (χ2v) is 7.48. The van der Waals surface area contributed by atoms with Gasteiger partial charge in [0.1, 0.15) is 11.5 Å². The Morgan fingerprint density at radius 1 is 1.19 bits per heavy atom. The molecule has 1 heterocycles. The lowest BCUT2D eigenvalue weighted by molar-refractivity contribution is 0.0268. The normalized spacial score (nSPS) is 18.4. The predicted molar refractivity (Wildman–Crippen MR) is 109 cm³/mol. The minimum absolute atomic E-state index is 0.231. The molecule has 1 unspecified atom stereocenters. The van der Waals surface area contributed by atoms with Crippen molar-refractivity contribution in [2.24, 2.45) is 4.99 Å². The lowest BCUT2D eigenvalue weighted by Crippen LogP contribution is -2.49. The molecule has 0 bridgehead atoms. The molecule has 0 amide bonds. The first-order valence-corrected chi connectivity index (χ1v) is 9.35. The molecule has 1 aliphatic rings. The molecule has 1 saturated heterocycles. The quantitative estimate of drug-likeness (QED) is 0.532. The van der Waals surface area contributed by atoms with Gasteiger partial charge in [-0.1, -0.05) is 0 Å². The number of rotatable bonds is 8. The van der Waals surface area contributed by atoms with Gasteiger partial charge >= 0.3 is 0 Å². The van der Waals surface area contributed by atoms with Crippen LogP contribution in [0.2, 0.25) is 0 Å². The Balaban J connectivity index is 1.87. The Hall–Kier alpha value is -1.99. The van der Waals surface area contributed by atoms with Crippen molar-refractivity contribution < 1.29 is 14.2 Å². The maximum atomic E-state index is 5.45. The number of aliphatic imine (C=N–C) groups is 1. The number of hydrogen-bond acceptors (Lipinski definition) is 5. The molecule has 0 spiro atoms. The topological polar surface area (TPSA) is 67.4 Å². The zero-order chi connectivity index (χ0) is 19.9. The van der Waals surface area contributed by atoms with Gasteiger partial charge in [0, 0.05) is 52.4 Å². The summed E-state index contributed by atoms with van der Waals surface area (Å²) in [5.74, 6) is 2.46. The van der Waals surface area contributed by atoms with E-state index in [-0.39, 0.29) is 5.60 Å².